The number of carbonyl (C=O) groups excluding carboxylic acids is 1. The molecule has 1 amide bonds. The van der Waals surface area contributed by atoms with Crippen molar-refractivity contribution in [3.05, 3.63) is 35.1 Å². The highest BCUT2D eigenvalue weighted by molar-refractivity contribution is 7.15. The Morgan fingerprint density at radius 1 is 1.52 bits per heavy atom. The van der Waals surface area contributed by atoms with Gasteiger partial charge in [-0.3, -0.25) is 14.0 Å². The SMILES string of the molecule is Cc1cn2c(CC(=O)NC3C=CC(C(=O)O)C3)csc2n1. The summed E-state index contributed by atoms with van der Waals surface area (Å²) in [6, 6.07) is -0.197. The van der Waals surface area contributed by atoms with Crippen molar-refractivity contribution in [3.63, 3.8) is 0 Å². The van der Waals surface area contributed by atoms with Crippen LogP contribution in [0.3, 0.4) is 0 Å². The van der Waals surface area contributed by atoms with Crippen molar-refractivity contribution in [2.24, 2.45) is 5.92 Å². The van der Waals surface area contributed by atoms with Crippen LogP contribution in [0.4, 0.5) is 0 Å². The highest BCUT2D eigenvalue weighted by atomic mass is 32.1. The molecule has 0 bridgehead atoms. The van der Waals surface area contributed by atoms with Crippen molar-refractivity contribution < 1.29 is 14.7 Å². The number of aliphatic carboxylic acids is 1. The van der Waals surface area contributed by atoms with E-state index < -0.39 is 11.9 Å². The van der Waals surface area contributed by atoms with Crippen LogP contribution in [0.1, 0.15) is 17.8 Å². The minimum atomic E-state index is -0.851. The van der Waals surface area contributed by atoms with E-state index in [-0.39, 0.29) is 18.4 Å². The van der Waals surface area contributed by atoms with Gasteiger partial charge in [0.25, 0.3) is 0 Å². The van der Waals surface area contributed by atoms with E-state index in [1.54, 1.807) is 12.2 Å². The predicted molar refractivity (Wildman–Crippen MR) is 78.3 cm³/mol. The molecule has 21 heavy (non-hydrogen) atoms. The molecule has 0 saturated heterocycles. The van der Waals surface area contributed by atoms with Gasteiger partial charge in [-0.2, -0.15) is 0 Å². The lowest BCUT2D eigenvalue weighted by Crippen LogP contribution is -2.34. The van der Waals surface area contributed by atoms with Crippen LogP contribution in [0.5, 0.6) is 0 Å². The van der Waals surface area contributed by atoms with Crippen molar-refractivity contribution in [2.45, 2.75) is 25.8 Å². The van der Waals surface area contributed by atoms with Gasteiger partial charge >= 0.3 is 5.97 Å². The Morgan fingerprint density at radius 2 is 2.33 bits per heavy atom. The number of imidazole rings is 1. The number of aryl methyl sites for hydroxylation is 1. The molecule has 2 aromatic heterocycles. The molecule has 1 aliphatic rings. The van der Waals surface area contributed by atoms with E-state index in [0.717, 1.165) is 16.3 Å². The molecule has 2 heterocycles. The van der Waals surface area contributed by atoms with Crippen LogP contribution < -0.4 is 5.32 Å². The third-order valence-electron chi connectivity index (χ3n) is 3.49. The van der Waals surface area contributed by atoms with E-state index in [1.807, 2.05) is 22.9 Å². The molecule has 0 aromatic carbocycles. The number of nitrogens with one attached hydrogen (secondary N) is 1. The Labute approximate surface area is 125 Å². The van der Waals surface area contributed by atoms with Crippen LogP contribution in [-0.4, -0.2) is 32.4 Å². The fourth-order valence-electron chi connectivity index (χ4n) is 2.48. The van der Waals surface area contributed by atoms with E-state index in [9.17, 15) is 9.59 Å². The van der Waals surface area contributed by atoms with Gasteiger partial charge in [-0.05, 0) is 13.3 Å². The monoisotopic (exact) mass is 305 g/mol. The molecule has 2 N–H and O–H groups in total. The summed E-state index contributed by atoms with van der Waals surface area (Å²) in [4.78, 5) is 28.2. The van der Waals surface area contributed by atoms with Crippen molar-refractivity contribution in [2.75, 3.05) is 0 Å². The number of rotatable bonds is 4. The Morgan fingerprint density at radius 3 is 3.05 bits per heavy atom. The van der Waals surface area contributed by atoms with Gasteiger partial charge in [0.05, 0.1) is 18.0 Å². The molecular weight excluding hydrogens is 290 g/mol. The van der Waals surface area contributed by atoms with E-state index in [0.29, 0.717) is 6.42 Å². The third kappa shape index (κ3) is 2.82. The molecule has 1 aliphatic carbocycles. The second-order valence-corrected chi connectivity index (χ2v) is 6.01. The zero-order valence-corrected chi connectivity index (χ0v) is 12.3. The number of fused-ring (bicyclic) bond motifs is 1. The lowest BCUT2D eigenvalue weighted by atomic mass is 10.1. The number of amides is 1. The lowest BCUT2D eigenvalue weighted by molar-refractivity contribution is -0.140. The topological polar surface area (TPSA) is 83.7 Å². The Balaban J connectivity index is 1.62. The van der Waals surface area contributed by atoms with Gasteiger partial charge in [0.15, 0.2) is 4.96 Å². The van der Waals surface area contributed by atoms with Crippen molar-refractivity contribution >= 4 is 28.2 Å². The average Bonchev–Trinajstić information content (AvgIpc) is 3.07. The van der Waals surface area contributed by atoms with Crippen molar-refractivity contribution in [1.29, 1.82) is 0 Å². The van der Waals surface area contributed by atoms with Crippen molar-refractivity contribution in [1.82, 2.24) is 14.7 Å². The normalized spacial score (nSPS) is 21.0. The van der Waals surface area contributed by atoms with Gasteiger partial charge in [-0.15, -0.1) is 11.3 Å². The molecule has 2 atom stereocenters. The number of aromatic nitrogens is 2. The maximum absolute atomic E-state index is 12.1. The standard InChI is InChI=1S/C14H15N3O3S/c1-8-6-17-11(7-21-14(17)15-8)5-12(18)16-10-3-2-9(4-10)13(19)20/h2-3,6-7,9-10H,4-5H2,1H3,(H,16,18)(H,19,20). The number of carboxylic acids is 1. The predicted octanol–water partition coefficient (Wildman–Crippen LogP) is 1.39. The molecule has 6 nitrogen and oxygen atoms in total. The number of nitrogens with zero attached hydrogens (tertiary/aromatic N) is 2. The Kier molecular flexibility index (Phi) is 3.50. The highest BCUT2D eigenvalue weighted by Gasteiger charge is 2.25. The molecule has 0 saturated carbocycles. The van der Waals surface area contributed by atoms with Gasteiger partial charge in [0.2, 0.25) is 5.91 Å². The van der Waals surface area contributed by atoms with Crippen molar-refractivity contribution in [3.8, 4) is 0 Å². The zero-order chi connectivity index (χ0) is 15.0. The molecule has 0 fully saturated rings. The first-order valence-electron chi connectivity index (χ1n) is 6.65. The van der Waals surface area contributed by atoms with Crippen LogP contribution in [-0.2, 0) is 16.0 Å². The van der Waals surface area contributed by atoms with Gasteiger partial charge < -0.3 is 10.4 Å². The maximum atomic E-state index is 12.1. The minimum Gasteiger partial charge on any atom is -0.481 e. The zero-order valence-electron chi connectivity index (χ0n) is 11.4. The number of hydrogen-bond donors (Lipinski definition) is 2. The summed E-state index contributed by atoms with van der Waals surface area (Å²) in [6.07, 6.45) is 5.98. The van der Waals surface area contributed by atoms with Gasteiger partial charge in [0, 0.05) is 23.3 Å². The Hall–Kier alpha value is -2.15. The summed E-state index contributed by atoms with van der Waals surface area (Å²) in [5.41, 5.74) is 1.82. The van der Waals surface area contributed by atoms with Crippen LogP contribution in [0.2, 0.25) is 0 Å². The quantitative estimate of drug-likeness (QED) is 0.836. The van der Waals surface area contributed by atoms with Crippen LogP contribution >= 0.6 is 11.3 Å². The smallest absolute Gasteiger partial charge is 0.310 e. The number of thiazole rings is 1. The van der Waals surface area contributed by atoms with E-state index in [1.165, 1.54) is 11.3 Å². The Bertz CT molecular complexity index is 731. The fraction of sp³-hybridized carbons (Fsp3) is 0.357. The molecular formula is C14H15N3O3S. The first kappa shape index (κ1) is 13.8. The van der Waals surface area contributed by atoms with E-state index >= 15 is 0 Å². The molecule has 0 spiro atoms. The summed E-state index contributed by atoms with van der Waals surface area (Å²) in [7, 11) is 0. The third-order valence-corrected chi connectivity index (χ3v) is 4.38. The second-order valence-electron chi connectivity index (χ2n) is 5.18. The first-order chi connectivity index (χ1) is 10.0. The molecule has 2 unspecified atom stereocenters. The minimum absolute atomic E-state index is 0.109. The van der Waals surface area contributed by atoms with Crippen LogP contribution in [0, 0.1) is 12.8 Å². The number of hydrogen-bond acceptors (Lipinski definition) is 4. The lowest BCUT2D eigenvalue weighted by Gasteiger charge is -2.11. The summed E-state index contributed by atoms with van der Waals surface area (Å²) < 4.78 is 1.92. The highest BCUT2D eigenvalue weighted by Crippen LogP contribution is 2.19. The van der Waals surface area contributed by atoms with Gasteiger partial charge in [-0.25, -0.2) is 4.98 Å². The summed E-state index contributed by atoms with van der Waals surface area (Å²) in [5.74, 6) is -1.46. The molecule has 2 aromatic rings. The average molecular weight is 305 g/mol. The molecule has 110 valence electrons. The van der Waals surface area contributed by atoms with Crippen LogP contribution in [0.15, 0.2) is 23.7 Å². The molecule has 7 heteroatoms. The van der Waals surface area contributed by atoms with Crippen LogP contribution in [0.25, 0.3) is 4.96 Å². The fourth-order valence-corrected chi connectivity index (χ4v) is 3.40. The number of carboxylic acid groups (broad SMARTS) is 1. The molecule has 0 aliphatic heterocycles. The van der Waals surface area contributed by atoms with Gasteiger partial charge in [-0.1, -0.05) is 12.2 Å². The summed E-state index contributed by atoms with van der Waals surface area (Å²) in [5, 5.41) is 13.7. The largest absolute Gasteiger partial charge is 0.481 e. The second kappa shape index (κ2) is 5.33. The molecule has 3 rings (SSSR count). The first-order valence-corrected chi connectivity index (χ1v) is 7.53. The molecule has 0 radical (unpaired) electrons. The summed E-state index contributed by atoms with van der Waals surface area (Å²) >= 11 is 1.50. The van der Waals surface area contributed by atoms with E-state index in [4.69, 9.17) is 5.11 Å². The summed E-state index contributed by atoms with van der Waals surface area (Å²) in [6.45, 7) is 1.92. The van der Waals surface area contributed by atoms with E-state index in [2.05, 4.69) is 10.3 Å². The maximum Gasteiger partial charge on any atom is 0.310 e. The van der Waals surface area contributed by atoms with Gasteiger partial charge in [0.1, 0.15) is 0 Å². The number of carbonyl (C=O) groups is 2.